The van der Waals surface area contributed by atoms with Gasteiger partial charge in [0.2, 0.25) is 5.88 Å². The SMILES string of the molecule is Cc1nn(C)c2sc(C(=O)Nc3ccccc3Oc3ncc(Cl)cc3Cl)cc12. The number of nitrogens with one attached hydrogen (secondary N) is 1. The van der Waals surface area contributed by atoms with Crippen LogP contribution in [0.2, 0.25) is 10.0 Å². The van der Waals surface area contributed by atoms with Crippen molar-refractivity contribution >= 4 is 56.3 Å². The number of hydrogen-bond acceptors (Lipinski definition) is 5. The van der Waals surface area contributed by atoms with Crippen LogP contribution in [0.4, 0.5) is 5.69 Å². The van der Waals surface area contributed by atoms with Crippen LogP contribution in [-0.2, 0) is 7.05 Å². The van der Waals surface area contributed by atoms with Crippen molar-refractivity contribution in [2.75, 3.05) is 5.32 Å². The number of carbonyl (C=O) groups is 1. The number of nitrogens with zero attached hydrogens (tertiary/aromatic N) is 3. The second kappa shape index (κ2) is 7.43. The van der Waals surface area contributed by atoms with Gasteiger partial charge in [0.15, 0.2) is 5.75 Å². The third-order valence-electron chi connectivity index (χ3n) is 4.04. The summed E-state index contributed by atoms with van der Waals surface area (Å²) in [6, 6.07) is 10.5. The van der Waals surface area contributed by atoms with Crippen LogP contribution in [0.25, 0.3) is 10.2 Å². The molecule has 142 valence electrons. The van der Waals surface area contributed by atoms with Crippen molar-refractivity contribution in [2.24, 2.45) is 7.05 Å². The van der Waals surface area contributed by atoms with Crippen LogP contribution in [0, 0.1) is 6.92 Å². The van der Waals surface area contributed by atoms with Crippen molar-refractivity contribution in [3.8, 4) is 11.6 Å². The molecule has 4 aromatic rings. The Bertz CT molecular complexity index is 1170. The number of para-hydroxylation sites is 2. The molecule has 0 aliphatic carbocycles. The van der Waals surface area contributed by atoms with Crippen LogP contribution in [0.5, 0.6) is 11.6 Å². The van der Waals surface area contributed by atoms with E-state index in [9.17, 15) is 4.79 Å². The fourth-order valence-electron chi connectivity index (χ4n) is 2.74. The predicted molar refractivity (Wildman–Crippen MR) is 112 cm³/mol. The van der Waals surface area contributed by atoms with Gasteiger partial charge in [0.05, 0.1) is 21.3 Å². The van der Waals surface area contributed by atoms with Crippen LogP contribution < -0.4 is 10.1 Å². The second-order valence-electron chi connectivity index (χ2n) is 6.03. The lowest BCUT2D eigenvalue weighted by Gasteiger charge is -2.12. The minimum absolute atomic E-state index is 0.205. The van der Waals surface area contributed by atoms with E-state index >= 15 is 0 Å². The third kappa shape index (κ3) is 3.56. The zero-order chi connectivity index (χ0) is 19.8. The number of amides is 1. The maximum absolute atomic E-state index is 12.8. The lowest BCUT2D eigenvalue weighted by atomic mass is 10.2. The van der Waals surface area contributed by atoms with Crippen molar-refractivity contribution < 1.29 is 9.53 Å². The highest BCUT2D eigenvalue weighted by molar-refractivity contribution is 7.20. The minimum atomic E-state index is -0.230. The zero-order valence-corrected chi connectivity index (χ0v) is 17.2. The third-order valence-corrected chi connectivity index (χ3v) is 5.71. The standard InChI is InChI=1S/C19H14Cl2N4O2S/c1-10-12-8-16(28-19(12)25(2)24-10)17(26)23-14-5-3-4-6-15(14)27-18-13(21)7-11(20)9-22-18/h3-9H,1-2H3,(H,23,26). The van der Waals surface area contributed by atoms with Gasteiger partial charge in [-0.2, -0.15) is 5.10 Å². The van der Waals surface area contributed by atoms with Crippen molar-refractivity contribution in [3.05, 3.63) is 63.2 Å². The molecule has 1 N–H and O–H groups in total. The molecule has 0 spiro atoms. The average molecular weight is 433 g/mol. The number of thiophene rings is 1. The van der Waals surface area contributed by atoms with Gasteiger partial charge in [-0.1, -0.05) is 35.3 Å². The van der Waals surface area contributed by atoms with E-state index in [1.165, 1.54) is 17.5 Å². The van der Waals surface area contributed by atoms with E-state index in [0.29, 0.717) is 21.3 Å². The Balaban J connectivity index is 1.60. The number of aromatic nitrogens is 3. The summed E-state index contributed by atoms with van der Waals surface area (Å²) in [7, 11) is 1.86. The molecular formula is C19H14Cl2N4O2S. The summed E-state index contributed by atoms with van der Waals surface area (Å²) in [4.78, 5) is 18.4. The Labute approximate surface area is 174 Å². The highest BCUT2D eigenvalue weighted by atomic mass is 35.5. The Kier molecular flexibility index (Phi) is 4.97. The first-order valence-electron chi connectivity index (χ1n) is 8.25. The Morgan fingerprint density at radius 1 is 1.25 bits per heavy atom. The summed E-state index contributed by atoms with van der Waals surface area (Å²) in [6.07, 6.45) is 1.44. The number of hydrogen-bond donors (Lipinski definition) is 1. The summed E-state index contributed by atoms with van der Waals surface area (Å²) in [5.41, 5.74) is 1.40. The predicted octanol–water partition coefficient (Wildman–Crippen LogP) is 5.69. The Morgan fingerprint density at radius 2 is 2.04 bits per heavy atom. The molecule has 3 heterocycles. The van der Waals surface area contributed by atoms with Crippen molar-refractivity contribution in [3.63, 3.8) is 0 Å². The van der Waals surface area contributed by atoms with Gasteiger partial charge < -0.3 is 10.1 Å². The van der Waals surface area contributed by atoms with Gasteiger partial charge in [0.25, 0.3) is 5.91 Å². The molecule has 0 bridgehead atoms. The first-order chi connectivity index (χ1) is 13.4. The number of anilines is 1. The second-order valence-corrected chi connectivity index (χ2v) is 7.91. The number of carbonyl (C=O) groups excluding carboxylic acids is 1. The molecule has 0 saturated heterocycles. The van der Waals surface area contributed by atoms with E-state index in [2.05, 4.69) is 15.4 Å². The molecular weight excluding hydrogens is 419 g/mol. The van der Waals surface area contributed by atoms with Crippen LogP contribution in [-0.4, -0.2) is 20.7 Å². The molecule has 0 aliphatic heterocycles. The summed E-state index contributed by atoms with van der Waals surface area (Å²) < 4.78 is 7.56. The van der Waals surface area contributed by atoms with Crippen molar-refractivity contribution in [2.45, 2.75) is 6.92 Å². The van der Waals surface area contributed by atoms with E-state index < -0.39 is 0 Å². The van der Waals surface area contributed by atoms with Crippen LogP contribution in [0.3, 0.4) is 0 Å². The fourth-order valence-corrected chi connectivity index (χ4v) is 4.18. The molecule has 3 aromatic heterocycles. The number of fused-ring (bicyclic) bond motifs is 1. The molecule has 0 saturated carbocycles. The highest BCUT2D eigenvalue weighted by Gasteiger charge is 2.17. The summed E-state index contributed by atoms with van der Waals surface area (Å²) in [5, 5.41) is 8.91. The van der Waals surface area contributed by atoms with Gasteiger partial charge in [-0.25, -0.2) is 4.98 Å². The van der Waals surface area contributed by atoms with Crippen molar-refractivity contribution in [1.82, 2.24) is 14.8 Å². The number of benzene rings is 1. The molecule has 0 radical (unpaired) electrons. The van der Waals surface area contributed by atoms with E-state index in [1.54, 1.807) is 35.0 Å². The molecule has 0 fully saturated rings. The molecule has 6 nitrogen and oxygen atoms in total. The molecule has 1 amide bonds. The van der Waals surface area contributed by atoms with Gasteiger partial charge in [0, 0.05) is 18.6 Å². The summed E-state index contributed by atoms with van der Waals surface area (Å²) in [6.45, 7) is 1.92. The van der Waals surface area contributed by atoms with E-state index in [0.717, 1.165) is 15.9 Å². The number of ether oxygens (including phenoxy) is 1. The molecule has 1 aromatic carbocycles. The first-order valence-corrected chi connectivity index (χ1v) is 9.82. The largest absolute Gasteiger partial charge is 0.435 e. The smallest absolute Gasteiger partial charge is 0.265 e. The van der Waals surface area contributed by atoms with Crippen LogP contribution in [0.15, 0.2) is 42.6 Å². The highest BCUT2D eigenvalue weighted by Crippen LogP contribution is 2.34. The van der Waals surface area contributed by atoms with Gasteiger partial charge >= 0.3 is 0 Å². The number of aryl methyl sites for hydroxylation is 2. The average Bonchev–Trinajstić information content (AvgIpc) is 3.21. The lowest BCUT2D eigenvalue weighted by molar-refractivity contribution is 0.103. The first kappa shape index (κ1) is 18.7. The maximum Gasteiger partial charge on any atom is 0.265 e. The minimum Gasteiger partial charge on any atom is -0.435 e. The van der Waals surface area contributed by atoms with E-state index in [4.69, 9.17) is 27.9 Å². The summed E-state index contributed by atoms with van der Waals surface area (Å²) in [5.74, 6) is 0.398. The number of halogens is 2. The fraction of sp³-hybridized carbons (Fsp3) is 0.105. The molecule has 9 heteroatoms. The van der Waals surface area contributed by atoms with Gasteiger partial charge in [-0.15, -0.1) is 11.3 Å². The molecule has 0 atom stereocenters. The van der Waals surface area contributed by atoms with Crippen LogP contribution in [0.1, 0.15) is 15.4 Å². The zero-order valence-electron chi connectivity index (χ0n) is 14.9. The van der Waals surface area contributed by atoms with Gasteiger partial charge in [-0.05, 0) is 31.2 Å². The quantitative estimate of drug-likeness (QED) is 0.449. The number of rotatable bonds is 4. The van der Waals surface area contributed by atoms with Crippen molar-refractivity contribution in [1.29, 1.82) is 0 Å². The normalized spacial score (nSPS) is 11.0. The molecule has 28 heavy (non-hydrogen) atoms. The Hall–Kier alpha value is -2.61. The molecule has 0 aliphatic rings. The molecule has 0 unspecified atom stereocenters. The topological polar surface area (TPSA) is 69.0 Å². The maximum atomic E-state index is 12.8. The van der Waals surface area contributed by atoms with Gasteiger partial charge in [-0.3, -0.25) is 9.48 Å². The monoisotopic (exact) mass is 432 g/mol. The van der Waals surface area contributed by atoms with Crippen LogP contribution >= 0.6 is 34.5 Å². The Morgan fingerprint density at radius 3 is 2.79 bits per heavy atom. The lowest BCUT2D eigenvalue weighted by Crippen LogP contribution is -2.11. The summed E-state index contributed by atoms with van der Waals surface area (Å²) >= 11 is 13.4. The van der Waals surface area contributed by atoms with Gasteiger partial charge in [0.1, 0.15) is 9.85 Å². The van der Waals surface area contributed by atoms with E-state index in [1.807, 2.05) is 20.0 Å². The van der Waals surface area contributed by atoms with E-state index in [-0.39, 0.29) is 16.8 Å². The number of pyridine rings is 1. The molecule has 4 rings (SSSR count).